The van der Waals surface area contributed by atoms with Crippen molar-refractivity contribution in [3.8, 4) is 11.1 Å². The highest BCUT2D eigenvalue weighted by Crippen LogP contribution is 2.46. The highest BCUT2D eigenvalue weighted by molar-refractivity contribution is 7.88. The molecule has 192 valence electrons. The molecule has 0 radical (unpaired) electrons. The van der Waals surface area contributed by atoms with Crippen molar-refractivity contribution in [2.75, 3.05) is 18.2 Å². The Morgan fingerprint density at radius 3 is 2.35 bits per heavy atom. The van der Waals surface area contributed by atoms with E-state index in [1.165, 1.54) is 6.33 Å². The minimum atomic E-state index is -3.56. The van der Waals surface area contributed by atoms with E-state index in [2.05, 4.69) is 25.0 Å². The average Bonchev–Trinajstić information content (AvgIpc) is 3.48. The smallest absolute Gasteiger partial charge is 0.209 e. The van der Waals surface area contributed by atoms with Crippen molar-refractivity contribution in [3.63, 3.8) is 0 Å². The number of aromatic nitrogens is 4. The third-order valence-corrected chi connectivity index (χ3v) is 7.58. The lowest BCUT2D eigenvalue weighted by atomic mass is 9.79. The van der Waals surface area contributed by atoms with Gasteiger partial charge in [-0.3, -0.25) is 4.57 Å². The number of hydrogen-bond acceptors (Lipinski definition) is 9. The lowest BCUT2D eigenvalue weighted by Gasteiger charge is -2.36. The fourth-order valence-corrected chi connectivity index (χ4v) is 6.00. The second-order valence-corrected chi connectivity index (χ2v) is 11.1. The molecule has 4 N–H and O–H groups in total. The third kappa shape index (κ3) is 4.26. The number of anilines is 1. The Morgan fingerprint density at radius 1 is 1.03 bits per heavy atom. The maximum Gasteiger partial charge on any atom is 0.209 e. The molecule has 3 heterocycles. The molecule has 6 rings (SSSR count). The van der Waals surface area contributed by atoms with Crippen molar-refractivity contribution < 1.29 is 23.4 Å². The molecular formula is C25H26N6O5S. The van der Waals surface area contributed by atoms with Gasteiger partial charge in [-0.05, 0) is 22.3 Å². The number of nitrogens with one attached hydrogen (secondary N) is 2. The van der Waals surface area contributed by atoms with E-state index in [1.54, 1.807) is 10.9 Å². The Balaban J connectivity index is 1.43. The Hall–Kier alpha value is -3.42. The first kappa shape index (κ1) is 23.9. The van der Waals surface area contributed by atoms with E-state index in [0.717, 1.165) is 28.5 Å². The quantitative estimate of drug-likeness (QED) is 0.297. The monoisotopic (exact) mass is 522 g/mol. The van der Waals surface area contributed by atoms with Crippen LogP contribution >= 0.6 is 0 Å². The van der Waals surface area contributed by atoms with Crippen LogP contribution in [0, 0.1) is 0 Å². The minimum absolute atomic E-state index is 0.288. The second kappa shape index (κ2) is 9.15. The van der Waals surface area contributed by atoms with Gasteiger partial charge in [0, 0.05) is 6.42 Å². The lowest BCUT2D eigenvalue weighted by molar-refractivity contribution is -0.0432. The summed E-state index contributed by atoms with van der Waals surface area (Å²) in [4.78, 5) is 13.3. The average molecular weight is 523 g/mol. The second-order valence-electron chi connectivity index (χ2n) is 9.33. The minimum Gasteiger partial charge on any atom is -0.394 e. The summed E-state index contributed by atoms with van der Waals surface area (Å²) in [5.74, 6) is 0.431. The molecule has 2 aromatic heterocycles. The summed E-state index contributed by atoms with van der Waals surface area (Å²) in [6, 6.07) is 14.5. The summed E-state index contributed by atoms with van der Waals surface area (Å²) in [5.41, 5.74) is 4.70. The van der Waals surface area contributed by atoms with Gasteiger partial charge in [0.2, 0.25) is 10.0 Å². The van der Waals surface area contributed by atoms with Crippen molar-refractivity contribution >= 4 is 27.0 Å². The predicted octanol–water partition coefficient (Wildman–Crippen LogP) is 1.89. The van der Waals surface area contributed by atoms with Crippen LogP contribution in [0.3, 0.4) is 0 Å². The zero-order valence-electron chi connectivity index (χ0n) is 19.9. The van der Waals surface area contributed by atoms with Crippen LogP contribution < -0.4 is 10.0 Å². The van der Waals surface area contributed by atoms with Crippen LogP contribution in [0.5, 0.6) is 0 Å². The predicted molar refractivity (Wildman–Crippen MR) is 136 cm³/mol. The third-order valence-electron chi connectivity index (χ3n) is 6.90. The van der Waals surface area contributed by atoms with Gasteiger partial charge in [-0.15, -0.1) is 0 Å². The van der Waals surface area contributed by atoms with E-state index < -0.39 is 40.5 Å². The zero-order chi connectivity index (χ0) is 25.7. The molecule has 4 aromatic rings. The fraction of sp³-hybridized carbons (Fsp3) is 0.320. The van der Waals surface area contributed by atoms with E-state index in [1.807, 2.05) is 48.5 Å². The number of aliphatic hydroxyl groups is 2. The van der Waals surface area contributed by atoms with E-state index >= 15 is 0 Å². The van der Waals surface area contributed by atoms with Crippen molar-refractivity contribution in [2.24, 2.45) is 0 Å². The van der Waals surface area contributed by atoms with Gasteiger partial charge in [0.05, 0.1) is 37.4 Å². The van der Waals surface area contributed by atoms with Gasteiger partial charge in [-0.2, -0.15) is 0 Å². The summed E-state index contributed by atoms with van der Waals surface area (Å²) < 4.78 is 35.2. The first-order valence-corrected chi connectivity index (χ1v) is 13.8. The van der Waals surface area contributed by atoms with E-state index in [0.29, 0.717) is 17.0 Å². The summed E-state index contributed by atoms with van der Waals surface area (Å²) >= 11 is 0. The van der Waals surface area contributed by atoms with Gasteiger partial charge in [-0.1, -0.05) is 48.5 Å². The Bertz CT molecular complexity index is 1570. The van der Waals surface area contributed by atoms with E-state index in [-0.39, 0.29) is 13.0 Å². The first-order chi connectivity index (χ1) is 17.8. The molecule has 11 nitrogen and oxygen atoms in total. The topological polar surface area (TPSA) is 151 Å². The Morgan fingerprint density at radius 2 is 1.70 bits per heavy atom. The van der Waals surface area contributed by atoms with Crippen LogP contribution in [0.15, 0.2) is 61.2 Å². The zero-order valence-corrected chi connectivity index (χ0v) is 20.7. The molecule has 0 unspecified atom stereocenters. The number of imidazole rings is 1. The summed E-state index contributed by atoms with van der Waals surface area (Å²) in [5, 5.41) is 23.1. The van der Waals surface area contributed by atoms with Crippen molar-refractivity contribution in [1.29, 1.82) is 0 Å². The van der Waals surface area contributed by atoms with Crippen LogP contribution in [0.2, 0.25) is 0 Å². The van der Waals surface area contributed by atoms with Crippen LogP contribution in [0.25, 0.3) is 22.3 Å². The number of fused-ring (bicyclic) bond motifs is 4. The highest BCUT2D eigenvalue weighted by atomic mass is 32.2. The molecule has 12 heteroatoms. The number of aliphatic hydroxyl groups excluding tert-OH is 2. The molecule has 0 bridgehead atoms. The summed E-state index contributed by atoms with van der Waals surface area (Å²) in [6.07, 6.45) is 2.39. The maximum absolute atomic E-state index is 12.4. The standard InChI is InChI=1S/C25H26N6O5S/c1-37(34,35)30-22-17-9-5-3-7-15(17)14-6-2-4-8-16(14)21(22)29-24-23-25(27-12-26-24)31(13-28-23)20-10-18(33)19(11-32)36-20/h2-9,12-13,18-22,30,32-33H,10-11H2,1H3,(H,26,27,29)/t18-,19+,20+,21-,22-/m0/s1. The lowest BCUT2D eigenvalue weighted by Crippen LogP contribution is -2.37. The summed E-state index contributed by atoms with van der Waals surface area (Å²) in [7, 11) is -3.56. The number of rotatable bonds is 6. The van der Waals surface area contributed by atoms with Gasteiger partial charge in [-0.25, -0.2) is 28.1 Å². The molecule has 1 fully saturated rings. The molecule has 0 saturated carbocycles. The van der Waals surface area contributed by atoms with E-state index in [9.17, 15) is 18.6 Å². The van der Waals surface area contributed by atoms with Crippen LogP contribution in [0.1, 0.15) is 35.9 Å². The van der Waals surface area contributed by atoms with Crippen LogP contribution in [-0.2, 0) is 14.8 Å². The highest BCUT2D eigenvalue weighted by Gasteiger charge is 2.37. The number of hydrogen-bond donors (Lipinski definition) is 4. The number of nitrogens with zero attached hydrogens (tertiary/aromatic N) is 4. The van der Waals surface area contributed by atoms with Crippen molar-refractivity contribution in [2.45, 2.75) is 36.9 Å². The maximum atomic E-state index is 12.4. The van der Waals surface area contributed by atoms with Crippen LogP contribution in [0.4, 0.5) is 5.82 Å². The SMILES string of the molecule is CS(=O)(=O)N[C@H]1c2ccccc2-c2ccccc2[C@@H]1Nc1ncnc2c1ncn2[C@H]1C[C@H](O)[C@@H](CO)O1. The van der Waals surface area contributed by atoms with Crippen LogP contribution in [-0.4, -0.2) is 63.2 Å². The summed E-state index contributed by atoms with van der Waals surface area (Å²) in [6.45, 7) is -0.288. The van der Waals surface area contributed by atoms with Gasteiger partial charge in [0.15, 0.2) is 17.0 Å². The van der Waals surface area contributed by atoms with Gasteiger partial charge in [0.25, 0.3) is 0 Å². The number of sulfonamides is 1. The fourth-order valence-electron chi connectivity index (χ4n) is 5.28. The molecule has 1 aliphatic heterocycles. The molecule has 2 aromatic carbocycles. The molecular weight excluding hydrogens is 496 g/mol. The molecule has 37 heavy (non-hydrogen) atoms. The molecule has 0 spiro atoms. The van der Waals surface area contributed by atoms with Gasteiger partial charge >= 0.3 is 0 Å². The normalized spacial score (nSPS) is 25.1. The van der Waals surface area contributed by atoms with Crippen molar-refractivity contribution in [3.05, 3.63) is 72.3 Å². The Kier molecular flexibility index (Phi) is 5.92. The molecule has 1 saturated heterocycles. The molecule has 0 amide bonds. The number of benzene rings is 2. The molecule has 2 aliphatic rings. The van der Waals surface area contributed by atoms with E-state index in [4.69, 9.17) is 4.74 Å². The molecule has 1 aliphatic carbocycles. The number of ether oxygens (including phenoxy) is 1. The largest absolute Gasteiger partial charge is 0.394 e. The Labute approximate surface area is 213 Å². The first-order valence-electron chi connectivity index (χ1n) is 11.9. The molecule has 5 atom stereocenters. The van der Waals surface area contributed by atoms with Crippen molar-refractivity contribution in [1.82, 2.24) is 24.2 Å². The van der Waals surface area contributed by atoms with Gasteiger partial charge in [0.1, 0.15) is 18.7 Å². The van der Waals surface area contributed by atoms with Gasteiger partial charge < -0.3 is 20.3 Å².